The second-order valence-corrected chi connectivity index (χ2v) is 5.48. The molecule has 0 saturated heterocycles. The van der Waals surface area contributed by atoms with E-state index < -0.39 is 17.0 Å². The van der Waals surface area contributed by atoms with Crippen molar-refractivity contribution in [3.8, 4) is 0 Å². The Labute approximate surface area is 114 Å². The molecule has 0 atom stereocenters. The van der Waals surface area contributed by atoms with Crippen LogP contribution in [0, 0.1) is 0 Å². The van der Waals surface area contributed by atoms with Gasteiger partial charge in [0.2, 0.25) is 5.91 Å². The van der Waals surface area contributed by atoms with Gasteiger partial charge in [-0.3, -0.25) is 4.79 Å². The Hall–Kier alpha value is -1.21. The van der Waals surface area contributed by atoms with Crippen LogP contribution in [-0.4, -0.2) is 24.0 Å². The first-order valence-corrected chi connectivity index (χ1v) is 6.32. The zero-order valence-electron chi connectivity index (χ0n) is 10.8. The summed E-state index contributed by atoms with van der Waals surface area (Å²) in [5.41, 5.74) is -5.10. The minimum absolute atomic E-state index is 0.0322. The smallest absolute Gasteiger partial charge is 0.323 e. The van der Waals surface area contributed by atoms with Crippen molar-refractivity contribution in [2.24, 2.45) is 0 Å². The van der Waals surface area contributed by atoms with Crippen LogP contribution >= 0.6 is 11.8 Å². The van der Waals surface area contributed by atoms with Crippen LogP contribution in [0.1, 0.15) is 13.8 Å². The predicted molar refractivity (Wildman–Crippen MR) is 70.1 cm³/mol. The van der Waals surface area contributed by atoms with Gasteiger partial charge in [-0.15, -0.1) is 0 Å². The molecule has 0 saturated carbocycles. The second kappa shape index (κ2) is 5.83. The van der Waals surface area contributed by atoms with Gasteiger partial charge < -0.3 is 10.6 Å². The van der Waals surface area contributed by atoms with Crippen molar-refractivity contribution in [3.05, 3.63) is 24.3 Å². The number of hydrogen-bond acceptors (Lipinski definition) is 3. The standard InChI is InChI=1S/C12H15F3N2OS/c1-11(2,16-3)10(18)17-8-6-4-5-7-9(8)19-12(13,14)15/h4-7,16H,1-3H3,(H,17,18). The molecular formula is C12H15F3N2OS. The molecule has 1 rings (SSSR count). The van der Waals surface area contributed by atoms with Gasteiger partial charge in [-0.1, -0.05) is 12.1 Å². The molecule has 0 fully saturated rings. The van der Waals surface area contributed by atoms with Gasteiger partial charge in [0.15, 0.2) is 0 Å². The van der Waals surface area contributed by atoms with Crippen molar-refractivity contribution in [2.45, 2.75) is 29.8 Å². The maximum Gasteiger partial charge on any atom is 0.446 e. The number of thioether (sulfide) groups is 1. The molecule has 0 radical (unpaired) electrons. The van der Waals surface area contributed by atoms with Crippen LogP contribution < -0.4 is 10.6 Å². The van der Waals surface area contributed by atoms with E-state index in [1.807, 2.05) is 0 Å². The minimum atomic E-state index is -4.39. The van der Waals surface area contributed by atoms with E-state index >= 15 is 0 Å². The van der Waals surface area contributed by atoms with E-state index in [0.29, 0.717) is 0 Å². The molecule has 0 bridgehead atoms. The molecule has 1 aromatic rings. The molecule has 0 aliphatic rings. The number of likely N-dealkylation sites (N-methyl/N-ethyl adjacent to an activating group) is 1. The molecule has 0 unspecified atom stereocenters. The third-order valence-corrected chi connectivity index (χ3v) is 3.36. The molecule has 19 heavy (non-hydrogen) atoms. The van der Waals surface area contributed by atoms with Crippen molar-refractivity contribution >= 4 is 23.4 Å². The van der Waals surface area contributed by atoms with E-state index in [1.54, 1.807) is 27.0 Å². The number of carbonyl (C=O) groups excluding carboxylic acids is 1. The van der Waals surface area contributed by atoms with E-state index in [2.05, 4.69) is 10.6 Å². The molecule has 106 valence electrons. The maximum absolute atomic E-state index is 12.4. The number of halogens is 3. The van der Waals surface area contributed by atoms with Crippen LogP contribution in [-0.2, 0) is 4.79 Å². The maximum atomic E-state index is 12.4. The summed E-state index contributed by atoms with van der Waals surface area (Å²) in [5, 5.41) is 5.29. The van der Waals surface area contributed by atoms with Crippen molar-refractivity contribution in [2.75, 3.05) is 12.4 Å². The lowest BCUT2D eigenvalue weighted by Gasteiger charge is -2.23. The number of benzene rings is 1. The van der Waals surface area contributed by atoms with E-state index in [4.69, 9.17) is 0 Å². The first-order valence-electron chi connectivity index (χ1n) is 5.51. The van der Waals surface area contributed by atoms with Gasteiger partial charge in [-0.2, -0.15) is 13.2 Å². The lowest BCUT2D eigenvalue weighted by atomic mass is 10.1. The van der Waals surface area contributed by atoms with E-state index in [-0.39, 0.29) is 22.3 Å². The average molecular weight is 292 g/mol. The summed E-state index contributed by atoms with van der Waals surface area (Å²) in [4.78, 5) is 11.9. The molecule has 0 heterocycles. The summed E-state index contributed by atoms with van der Waals surface area (Å²) in [5.74, 6) is -0.398. The molecule has 0 aliphatic carbocycles. The summed E-state index contributed by atoms with van der Waals surface area (Å²) in [7, 11) is 1.61. The third kappa shape index (κ3) is 4.76. The quantitative estimate of drug-likeness (QED) is 0.837. The van der Waals surface area contributed by atoms with Crippen molar-refractivity contribution in [3.63, 3.8) is 0 Å². The summed E-state index contributed by atoms with van der Waals surface area (Å²) >= 11 is -0.248. The molecule has 2 N–H and O–H groups in total. The molecule has 0 aromatic heterocycles. The third-order valence-electron chi connectivity index (χ3n) is 2.55. The SMILES string of the molecule is CNC(C)(C)C(=O)Nc1ccccc1SC(F)(F)F. The van der Waals surface area contributed by atoms with Crippen LogP contribution in [0.2, 0.25) is 0 Å². The van der Waals surface area contributed by atoms with E-state index in [1.165, 1.54) is 18.2 Å². The lowest BCUT2D eigenvalue weighted by Crippen LogP contribution is -2.47. The lowest BCUT2D eigenvalue weighted by molar-refractivity contribution is -0.121. The first-order chi connectivity index (χ1) is 8.65. The number of alkyl halides is 3. The Morgan fingerprint density at radius 2 is 1.79 bits per heavy atom. The van der Waals surface area contributed by atoms with Crippen LogP contribution in [0.25, 0.3) is 0 Å². The Bertz CT molecular complexity index is 461. The number of hydrogen-bond donors (Lipinski definition) is 2. The van der Waals surface area contributed by atoms with Gasteiger partial charge in [-0.25, -0.2) is 0 Å². The highest BCUT2D eigenvalue weighted by molar-refractivity contribution is 8.00. The van der Waals surface area contributed by atoms with Crippen LogP contribution in [0.5, 0.6) is 0 Å². The molecule has 0 aliphatic heterocycles. The number of nitrogens with one attached hydrogen (secondary N) is 2. The number of anilines is 1. The Morgan fingerprint density at radius 3 is 2.32 bits per heavy atom. The number of para-hydroxylation sites is 1. The largest absolute Gasteiger partial charge is 0.446 e. The predicted octanol–water partition coefficient (Wildman–Crippen LogP) is 3.24. The van der Waals surface area contributed by atoms with Crippen molar-refractivity contribution in [1.82, 2.24) is 5.32 Å². The number of rotatable bonds is 4. The Balaban J connectivity index is 2.93. The summed E-state index contributed by atoms with van der Waals surface area (Å²) < 4.78 is 37.2. The molecule has 7 heteroatoms. The Morgan fingerprint density at radius 1 is 1.21 bits per heavy atom. The minimum Gasteiger partial charge on any atom is -0.323 e. The fourth-order valence-corrected chi connectivity index (χ4v) is 1.80. The monoisotopic (exact) mass is 292 g/mol. The first kappa shape index (κ1) is 15.8. The van der Waals surface area contributed by atoms with Gasteiger partial charge in [-0.05, 0) is 44.8 Å². The fourth-order valence-electron chi connectivity index (χ4n) is 1.18. The molecule has 1 aromatic carbocycles. The summed E-state index contributed by atoms with van der Waals surface area (Å²) in [6.07, 6.45) is 0. The highest BCUT2D eigenvalue weighted by atomic mass is 32.2. The molecular weight excluding hydrogens is 277 g/mol. The Kier molecular flexibility index (Phi) is 4.86. The van der Waals surface area contributed by atoms with Crippen LogP contribution in [0.15, 0.2) is 29.2 Å². The van der Waals surface area contributed by atoms with Crippen molar-refractivity contribution in [1.29, 1.82) is 0 Å². The van der Waals surface area contributed by atoms with Gasteiger partial charge >= 0.3 is 5.51 Å². The highest BCUT2D eigenvalue weighted by Gasteiger charge is 2.31. The van der Waals surface area contributed by atoms with Crippen LogP contribution in [0.4, 0.5) is 18.9 Å². The van der Waals surface area contributed by atoms with Gasteiger partial charge in [0, 0.05) is 4.90 Å². The summed E-state index contributed by atoms with van der Waals surface area (Å²) in [6, 6.07) is 5.83. The summed E-state index contributed by atoms with van der Waals surface area (Å²) in [6.45, 7) is 3.28. The van der Waals surface area contributed by atoms with Gasteiger partial charge in [0.25, 0.3) is 0 Å². The van der Waals surface area contributed by atoms with E-state index in [9.17, 15) is 18.0 Å². The second-order valence-electron chi connectivity index (χ2n) is 4.37. The zero-order chi connectivity index (χ0) is 14.7. The fraction of sp³-hybridized carbons (Fsp3) is 0.417. The number of carbonyl (C=O) groups is 1. The highest BCUT2D eigenvalue weighted by Crippen LogP contribution is 2.40. The number of amides is 1. The zero-order valence-corrected chi connectivity index (χ0v) is 11.6. The molecule has 1 amide bonds. The topological polar surface area (TPSA) is 41.1 Å². The van der Waals surface area contributed by atoms with Crippen molar-refractivity contribution < 1.29 is 18.0 Å². The average Bonchev–Trinajstić information content (AvgIpc) is 2.29. The van der Waals surface area contributed by atoms with Gasteiger partial charge in [0.05, 0.1) is 11.2 Å². The molecule has 3 nitrogen and oxygen atoms in total. The van der Waals surface area contributed by atoms with Crippen LogP contribution in [0.3, 0.4) is 0 Å². The van der Waals surface area contributed by atoms with E-state index in [0.717, 1.165) is 0 Å². The normalized spacial score (nSPS) is 12.3. The van der Waals surface area contributed by atoms with Gasteiger partial charge in [0.1, 0.15) is 0 Å². The molecule has 0 spiro atoms.